The van der Waals surface area contributed by atoms with Gasteiger partial charge in [-0.25, -0.2) is 14.2 Å². The molecule has 0 spiro atoms. The van der Waals surface area contributed by atoms with E-state index in [0.29, 0.717) is 27.2 Å². The molecular formula is C18H17FN2O3S. The number of hydrogen-bond donors (Lipinski definition) is 1. The molecule has 1 N–H and O–H groups in total. The Morgan fingerprint density at radius 1 is 1.40 bits per heavy atom. The van der Waals surface area contributed by atoms with Gasteiger partial charge in [-0.3, -0.25) is 9.36 Å². The van der Waals surface area contributed by atoms with E-state index in [4.69, 9.17) is 0 Å². The largest absolute Gasteiger partial charge is 0.477 e. The number of carboxylic acids is 1. The van der Waals surface area contributed by atoms with Crippen LogP contribution in [0.1, 0.15) is 46.4 Å². The number of hydrogen-bond acceptors (Lipinski definition) is 4. The van der Waals surface area contributed by atoms with E-state index in [9.17, 15) is 19.1 Å². The lowest BCUT2D eigenvalue weighted by Gasteiger charge is -2.15. The standard InChI is InChI=1S/C18H17FN2O3S/c1-9(2)15-20-16-13(10(3)14(25-16)18(23)24)17(22)21(15)8-11-5-4-6-12(19)7-11/h4-7,9H,8H2,1-3H3,(H,23,24). The number of aromatic carboxylic acids is 1. The number of thiophene rings is 1. The molecule has 0 atom stereocenters. The lowest BCUT2D eigenvalue weighted by molar-refractivity contribution is 0.0701. The van der Waals surface area contributed by atoms with Gasteiger partial charge in [0.15, 0.2) is 0 Å². The summed E-state index contributed by atoms with van der Waals surface area (Å²) in [5.41, 5.74) is 0.781. The SMILES string of the molecule is Cc1c(C(=O)O)sc2nc(C(C)C)n(Cc3cccc(F)c3)c(=O)c12. The molecular weight excluding hydrogens is 343 g/mol. The molecule has 2 heterocycles. The minimum absolute atomic E-state index is 0.0404. The number of nitrogens with zero attached hydrogens (tertiary/aromatic N) is 2. The zero-order valence-corrected chi connectivity index (χ0v) is 14.9. The maximum Gasteiger partial charge on any atom is 0.346 e. The molecule has 0 saturated heterocycles. The van der Waals surface area contributed by atoms with Crippen LogP contribution >= 0.6 is 11.3 Å². The van der Waals surface area contributed by atoms with E-state index in [1.54, 1.807) is 19.1 Å². The average Bonchev–Trinajstić information content (AvgIpc) is 2.87. The van der Waals surface area contributed by atoms with E-state index < -0.39 is 5.97 Å². The summed E-state index contributed by atoms with van der Waals surface area (Å²) in [4.78, 5) is 29.5. The first-order valence-electron chi connectivity index (χ1n) is 7.81. The highest BCUT2D eigenvalue weighted by atomic mass is 32.1. The number of rotatable bonds is 4. The van der Waals surface area contributed by atoms with E-state index in [0.717, 1.165) is 11.3 Å². The summed E-state index contributed by atoms with van der Waals surface area (Å²) in [6, 6.07) is 6.06. The fraction of sp³-hybridized carbons (Fsp3) is 0.278. The number of benzene rings is 1. The topological polar surface area (TPSA) is 72.2 Å². The van der Waals surface area contributed by atoms with Gasteiger partial charge in [-0.15, -0.1) is 11.3 Å². The van der Waals surface area contributed by atoms with Crippen LogP contribution in [0.2, 0.25) is 0 Å². The van der Waals surface area contributed by atoms with Crippen molar-refractivity contribution in [1.29, 1.82) is 0 Å². The number of fused-ring (bicyclic) bond motifs is 1. The third-order valence-corrected chi connectivity index (χ3v) is 5.19. The van der Waals surface area contributed by atoms with Gasteiger partial charge in [-0.1, -0.05) is 26.0 Å². The molecule has 0 aliphatic rings. The predicted molar refractivity (Wildman–Crippen MR) is 95.2 cm³/mol. The number of carboxylic acid groups (broad SMARTS) is 1. The van der Waals surface area contributed by atoms with Gasteiger partial charge in [0.25, 0.3) is 5.56 Å². The Morgan fingerprint density at radius 3 is 2.72 bits per heavy atom. The molecule has 0 aliphatic carbocycles. The molecule has 7 heteroatoms. The molecule has 0 bridgehead atoms. The summed E-state index contributed by atoms with van der Waals surface area (Å²) in [7, 11) is 0. The summed E-state index contributed by atoms with van der Waals surface area (Å²) in [6.45, 7) is 5.63. The first kappa shape index (κ1) is 17.3. The maximum absolute atomic E-state index is 13.5. The molecule has 0 amide bonds. The van der Waals surface area contributed by atoms with Gasteiger partial charge in [0.2, 0.25) is 0 Å². The quantitative estimate of drug-likeness (QED) is 0.769. The first-order chi connectivity index (χ1) is 11.8. The van der Waals surface area contributed by atoms with Gasteiger partial charge in [0.1, 0.15) is 21.3 Å². The summed E-state index contributed by atoms with van der Waals surface area (Å²) in [5, 5.41) is 9.63. The van der Waals surface area contributed by atoms with Crippen molar-refractivity contribution >= 4 is 27.5 Å². The van der Waals surface area contributed by atoms with Gasteiger partial charge in [-0.05, 0) is 30.2 Å². The molecule has 3 aromatic rings. The van der Waals surface area contributed by atoms with E-state index >= 15 is 0 Å². The fourth-order valence-electron chi connectivity index (χ4n) is 2.85. The minimum Gasteiger partial charge on any atom is -0.477 e. The van der Waals surface area contributed by atoms with Crippen molar-refractivity contribution in [3.63, 3.8) is 0 Å². The van der Waals surface area contributed by atoms with Crippen LogP contribution in [0.3, 0.4) is 0 Å². The van der Waals surface area contributed by atoms with Crippen LogP contribution in [0.25, 0.3) is 10.2 Å². The second-order valence-corrected chi connectivity index (χ2v) is 7.19. The third-order valence-electron chi connectivity index (χ3n) is 4.02. The van der Waals surface area contributed by atoms with Crippen molar-refractivity contribution < 1.29 is 14.3 Å². The monoisotopic (exact) mass is 360 g/mol. The molecule has 1 aromatic carbocycles. The Morgan fingerprint density at radius 2 is 2.12 bits per heavy atom. The molecule has 3 rings (SSSR count). The maximum atomic E-state index is 13.5. The van der Waals surface area contributed by atoms with Gasteiger partial charge in [0, 0.05) is 5.92 Å². The van der Waals surface area contributed by atoms with Crippen molar-refractivity contribution in [2.75, 3.05) is 0 Å². The summed E-state index contributed by atoms with van der Waals surface area (Å²) >= 11 is 1.01. The van der Waals surface area contributed by atoms with E-state index in [1.165, 1.54) is 16.7 Å². The van der Waals surface area contributed by atoms with E-state index in [2.05, 4.69) is 4.98 Å². The number of carbonyl (C=O) groups is 1. The molecule has 25 heavy (non-hydrogen) atoms. The highest BCUT2D eigenvalue weighted by Crippen LogP contribution is 2.28. The van der Waals surface area contributed by atoms with Crippen molar-refractivity contribution in [2.24, 2.45) is 0 Å². The summed E-state index contributed by atoms with van der Waals surface area (Å²) in [6.07, 6.45) is 0. The van der Waals surface area contributed by atoms with Crippen molar-refractivity contribution in [2.45, 2.75) is 33.2 Å². The van der Waals surface area contributed by atoms with Crippen LogP contribution in [-0.4, -0.2) is 20.6 Å². The smallest absolute Gasteiger partial charge is 0.346 e. The third kappa shape index (κ3) is 3.07. The molecule has 0 unspecified atom stereocenters. The highest BCUT2D eigenvalue weighted by Gasteiger charge is 2.22. The summed E-state index contributed by atoms with van der Waals surface area (Å²) in [5.74, 6) is -0.922. The van der Waals surface area contributed by atoms with Crippen LogP contribution in [-0.2, 0) is 6.54 Å². The molecule has 0 fully saturated rings. The van der Waals surface area contributed by atoms with E-state index in [-0.39, 0.29) is 28.7 Å². The average molecular weight is 360 g/mol. The van der Waals surface area contributed by atoms with Crippen LogP contribution in [0.5, 0.6) is 0 Å². The van der Waals surface area contributed by atoms with Gasteiger partial charge in [-0.2, -0.15) is 0 Å². The number of halogens is 1. The zero-order chi connectivity index (χ0) is 18.3. The second-order valence-electron chi connectivity index (χ2n) is 6.19. The highest BCUT2D eigenvalue weighted by molar-refractivity contribution is 7.20. The fourth-order valence-corrected chi connectivity index (χ4v) is 3.87. The van der Waals surface area contributed by atoms with Gasteiger partial charge in [0.05, 0.1) is 11.9 Å². The Balaban J connectivity index is 2.27. The second kappa shape index (κ2) is 6.40. The lowest BCUT2D eigenvalue weighted by atomic mass is 10.1. The van der Waals surface area contributed by atoms with Gasteiger partial charge < -0.3 is 5.11 Å². The number of aromatic nitrogens is 2. The summed E-state index contributed by atoms with van der Waals surface area (Å²) < 4.78 is 15.0. The van der Waals surface area contributed by atoms with Gasteiger partial charge >= 0.3 is 5.97 Å². The molecule has 130 valence electrons. The van der Waals surface area contributed by atoms with Crippen molar-refractivity contribution in [3.8, 4) is 0 Å². The van der Waals surface area contributed by atoms with Crippen LogP contribution in [0, 0.1) is 12.7 Å². The number of aryl methyl sites for hydroxylation is 1. The van der Waals surface area contributed by atoms with Crippen molar-refractivity contribution in [3.05, 3.63) is 62.3 Å². The minimum atomic E-state index is -1.07. The lowest BCUT2D eigenvalue weighted by Crippen LogP contribution is -2.26. The van der Waals surface area contributed by atoms with Crippen molar-refractivity contribution in [1.82, 2.24) is 9.55 Å². The Bertz CT molecular complexity index is 1040. The van der Waals surface area contributed by atoms with Crippen LogP contribution in [0.4, 0.5) is 4.39 Å². The zero-order valence-electron chi connectivity index (χ0n) is 14.0. The molecule has 0 saturated carbocycles. The van der Waals surface area contributed by atoms with E-state index in [1.807, 2.05) is 13.8 Å². The van der Waals surface area contributed by atoms with Crippen LogP contribution < -0.4 is 5.56 Å². The molecule has 2 aromatic heterocycles. The normalized spacial score (nSPS) is 11.4. The molecule has 0 aliphatic heterocycles. The van der Waals surface area contributed by atoms with Crippen LogP contribution in [0.15, 0.2) is 29.1 Å². The molecule has 5 nitrogen and oxygen atoms in total. The Kier molecular flexibility index (Phi) is 4.43. The Hall–Kier alpha value is -2.54. The first-order valence-corrected chi connectivity index (χ1v) is 8.62. The Labute approximate surface area is 147 Å². The predicted octanol–water partition coefficient (Wildman–Crippen LogP) is 3.78. The molecule has 0 radical (unpaired) electrons.